The summed E-state index contributed by atoms with van der Waals surface area (Å²) in [6.45, 7) is 0. The molecule has 0 atom stereocenters. The lowest BCUT2D eigenvalue weighted by Crippen LogP contribution is -2.14. The summed E-state index contributed by atoms with van der Waals surface area (Å²) in [6.07, 6.45) is 0. The van der Waals surface area contributed by atoms with E-state index in [-0.39, 0.29) is 16.4 Å². The van der Waals surface area contributed by atoms with Crippen LogP contribution in [0.5, 0.6) is 0 Å². The summed E-state index contributed by atoms with van der Waals surface area (Å²) >= 11 is 11.9. The van der Waals surface area contributed by atoms with Gasteiger partial charge < -0.3 is 0 Å². The average molecular weight is 421 g/mol. The number of carbonyl (C=O) groups is 1. The van der Waals surface area contributed by atoms with Gasteiger partial charge in [0.25, 0.3) is 5.91 Å². The van der Waals surface area contributed by atoms with E-state index in [2.05, 4.69) is 4.98 Å². The number of carbonyl (C=O) groups excluding carboxylic acids is 1. The summed E-state index contributed by atoms with van der Waals surface area (Å²) in [6, 6.07) is 11.5. The lowest BCUT2D eigenvalue weighted by atomic mass is 10.1. The molecule has 8 heteroatoms. The van der Waals surface area contributed by atoms with E-state index < -0.39 is 23.4 Å². The molecule has 0 aliphatic carbocycles. The third-order valence-electron chi connectivity index (χ3n) is 4.16. The summed E-state index contributed by atoms with van der Waals surface area (Å²) in [7, 11) is 0. The standard InChI is InChI=1S/C20H9Cl2F3N2O/c21-12-3-6-17-18(9-12)27(20(28)11-2-5-15(24)16(25)8-11)19(26-17)10-1-4-14(23)13(22)7-10/h1-9H. The van der Waals surface area contributed by atoms with Crippen LogP contribution in [0.15, 0.2) is 54.6 Å². The third-order valence-corrected chi connectivity index (χ3v) is 4.69. The molecule has 0 aliphatic rings. The van der Waals surface area contributed by atoms with Crippen LogP contribution in [0.3, 0.4) is 0 Å². The SMILES string of the molecule is O=C(c1ccc(F)c(F)c1)n1c(-c2ccc(F)c(Cl)c2)nc2ccc(Cl)cc21. The zero-order valence-electron chi connectivity index (χ0n) is 13.9. The van der Waals surface area contributed by atoms with Gasteiger partial charge >= 0.3 is 0 Å². The predicted octanol–water partition coefficient (Wildman–Crippen LogP) is 6.12. The minimum absolute atomic E-state index is 0.0902. The van der Waals surface area contributed by atoms with Crippen LogP contribution in [0.4, 0.5) is 13.2 Å². The van der Waals surface area contributed by atoms with Crippen LogP contribution < -0.4 is 0 Å². The van der Waals surface area contributed by atoms with Crippen molar-refractivity contribution in [2.75, 3.05) is 0 Å². The van der Waals surface area contributed by atoms with Gasteiger partial charge in [0.2, 0.25) is 0 Å². The molecule has 1 aromatic heterocycles. The predicted molar refractivity (Wildman–Crippen MR) is 101 cm³/mol. The Hall–Kier alpha value is -2.83. The molecule has 0 saturated heterocycles. The molecule has 1 heterocycles. The van der Waals surface area contributed by atoms with Crippen LogP contribution in [0.2, 0.25) is 10.0 Å². The Morgan fingerprint density at radius 1 is 0.857 bits per heavy atom. The summed E-state index contributed by atoms with van der Waals surface area (Å²) in [5, 5.41) is 0.213. The Balaban J connectivity index is 1.99. The molecule has 0 bridgehead atoms. The molecule has 3 aromatic carbocycles. The molecule has 140 valence electrons. The highest BCUT2D eigenvalue weighted by Gasteiger charge is 2.21. The molecule has 4 aromatic rings. The maximum absolute atomic E-state index is 13.6. The normalized spacial score (nSPS) is 11.2. The van der Waals surface area contributed by atoms with Crippen LogP contribution in [0.25, 0.3) is 22.4 Å². The van der Waals surface area contributed by atoms with Crippen LogP contribution in [-0.2, 0) is 0 Å². The lowest BCUT2D eigenvalue weighted by molar-refractivity contribution is 0.0965. The van der Waals surface area contributed by atoms with Gasteiger partial charge in [0.1, 0.15) is 11.6 Å². The Bertz CT molecular complexity index is 1250. The Morgan fingerprint density at radius 2 is 1.61 bits per heavy atom. The second-order valence-corrected chi connectivity index (χ2v) is 6.81. The van der Waals surface area contributed by atoms with Gasteiger partial charge in [-0.1, -0.05) is 23.2 Å². The minimum Gasteiger partial charge on any atom is -0.268 e. The molecule has 0 unspecified atom stereocenters. The molecule has 0 saturated carbocycles. The van der Waals surface area contributed by atoms with Gasteiger partial charge in [0.15, 0.2) is 11.6 Å². The lowest BCUT2D eigenvalue weighted by Gasteiger charge is -2.09. The smallest absolute Gasteiger partial charge is 0.264 e. The molecule has 28 heavy (non-hydrogen) atoms. The van der Waals surface area contributed by atoms with Crippen LogP contribution in [-0.4, -0.2) is 15.5 Å². The highest BCUT2D eigenvalue weighted by atomic mass is 35.5. The van der Waals surface area contributed by atoms with Crippen molar-refractivity contribution in [1.82, 2.24) is 9.55 Å². The molecule has 0 N–H and O–H groups in total. The fourth-order valence-electron chi connectivity index (χ4n) is 2.84. The second-order valence-electron chi connectivity index (χ2n) is 5.97. The quantitative estimate of drug-likeness (QED) is 0.391. The molecule has 4 rings (SSSR count). The Kier molecular flexibility index (Phi) is 4.61. The average Bonchev–Trinajstić information content (AvgIpc) is 3.04. The zero-order chi connectivity index (χ0) is 20.0. The maximum Gasteiger partial charge on any atom is 0.264 e. The number of imidazole rings is 1. The van der Waals surface area contributed by atoms with Crippen molar-refractivity contribution in [1.29, 1.82) is 0 Å². The number of fused-ring (bicyclic) bond motifs is 1. The minimum atomic E-state index is -1.15. The monoisotopic (exact) mass is 420 g/mol. The van der Waals surface area contributed by atoms with Gasteiger partial charge in [-0.25, -0.2) is 18.2 Å². The van der Waals surface area contributed by atoms with Gasteiger partial charge in [0, 0.05) is 16.1 Å². The van der Waals surface area contributed by atoms with E-state index in [1.807, 2.05) is 0 Å². The van der Waals surface area contributed by atoms with Gasteiger partial charge in [0.05, 0.1) is 16.1 Å². The number of rotatable bonds is 2. The Labute approximate surface area is 166 Å². The molecule has 0 aliphatic heterocycles. The highest BCUT2D eigenvalue weighted by Crippen LogP contribution is 2.30. The molecule has 0 radical (unpaired) electrons. The highest BCUT2D eigenvalue weighted by molar-refractivity contribution is 6.31. The second kappa shape index (κ2) is 6.96. The van der Waals surface area contributed by atoms with E-state index in [0.717, 1.165) is 18.2 Å². The van der Waals surface area contributed by atoms with E-state index >= 15 is 0 Å². The van der Waals surface area contributed by atoms with E-state index in [1.54, 1.807) is 12.1 Å². The first-order valence-electron chi connectivity index (χ1n) is 7.98. The fourth-order valence-corrected chi connectivity index (χ4v) is 3.19. The summed E-state index contributed by atoms with van der Waals surface area (Å²) in [4.78, 5) is 17.5. The summed E-state index contributed by atoms with van der Waals surface area (Å²) in [5.74, 6) is -3.34. The van der Waals surface area contributed by atoms with Gasteiger partial charge in [-0.15, -0.1) is 0 Å². The molecule has 0 amide bonds. The topological polar surface area (TPSA) is 34.9 Å². The molecule has 0 fully saturated rings. The number of halogens is 5. The molecule has 3 nitrogen and oxygen atoms in total. The largest absolute Gasteiger partial charge is 0.268 e. The van der Waals surface area contributed by atoms with Gasteiger partial charge in [-0.2, -0.15) is 0 Å². The first-order valence-corrected chi connectivity index (χ1v) is 8.74. The fraction of sp³-hybridized carbons (Fsp3) is 0. The van der Waals surface area contributed by atoms with Crippen molar-refractivity contribution in [2.45, 2.75) is 0 Å². The van der Waals surface area contributed by atoms with Crippen LogP contribution in [0, 0.1) is 17.5 Å². The zero-order valence-corrected chi connectivity index (χ0v) is 15.4. The number of hydrogen-bond acceptors (Lipinski definition) is 2. The van der Waals surface area contributed by atoms with Crippen molar-refractivity contribution in [3.05, 3.63) is 87.7 Å². The number of benzene rings is 3. The number of hydrogen-bond donors (Lipinski definition) is 0. The molecular formula is C20H9Cl2F3N2O. The van der Waals surface area contributed by atoms with Gasteiger partial charge in [-0.3, -0.25) is 9.36 Å². The molecular weight excluding hydrogens is 412 g/mol. The van der Waals surface area contributed by atoms with Crippen molar-refractivity contribution < 1.29 is 18.0 Å². The van der Waals surface area contributed by atoms with Gasteiger partial charge in [-0.05, 0) is 54.6 Å². The van der Waals surface area contributed by atoms with E-state index in [0.29, 0.717) is 21.6 Å². The van der Waals surface area contributed by atoms with Crippen molar-refractivity contribution in [3.8, 4) is 11.4 Å². The first-order chi connectivity index (χ1) is 13.3. The Morgan fingerprint density at radius 3 is 2.32 bits per heavy atom. The van der Waals surface area contributed by atoms with Crippen molar-refractivity contribution in [2.24, 2.45) is 0 Å². The summed E-state index contributed by atoms with van der Waals surface area (Å²) < 4.78 is 41.7. The maximum atomic E-state index is 13.6. The summed E-state index contributed by atoms with van der Waals surface area (Å²) in [5.41, 5.74) is 1.08. The number of nitrogens with zero attached hydrogens (tertiary/aromatic N) is 2. The van der Waals surface area contributed by atoms with E-state index in [1.165, 1.54) is 28.8 Å². The van der Waals surface area contributed by atoms with Crippen molar-refractivity contribution in [3.63, 3.8) is 0 Å². The van der Waals surface area contributed by atoms with E-state index in [4.69, 9.17) is 23.2 Å². The van der Waals surface area contributed by atoms with E-state index in [9.17, 15) is 18.0 Å². The van der Waals surface area contributed by atoms with Crippen molar-refractivity contribution >= 4 is 40.1 Å². The molecule has 0 spiro atoms. The van der Waals surface area contributed by atoms with Crippen LogP contribution in [0.1, 0.15) is 10.4 Å². The number of aromatic nitrogens is 2. The first kappa shape index (κ1) is 18.5. The van der Waals surface area contributed by atoms with Crippen LogP contribution >= 0.6 is 23.2 Å². The third kappa shape index (κ3) is 3.15.